The molecule has 0 saturated carbocycles. The minimum Gasteiger partial charge on any atom is -0.481 e. The Hall–Kier alpha value is -1.43. The van der Waals surface area contributed by atoms with Gasteiger partial charge in [0.2, 0.25) is 5.88 Å². The van der Waals surface area contributed by atoms with Crippen molar-refractivity contribution < 1.29 is 23.4 Å². The van der Waals surface area contributed by atoms with Crippen LogP contribution in [0.25, 0.3) is 0 Å². The molecular formula is C8H6ClF2NO3. The molecular weight excluding hydrogens is 232 g/mol. The van der Waals surface area contributed by atoms with E-state index in [2.05, 4.69) is 9.72 Å². The molecule has 1 heterocycles. The minimum absolute atomic E-state index is 0.375. The number of alkyl halides is 2. The number of aromatic nitrogens is 1. The van der Waals surface area contributed by atoms with Crippen molar-refractivity contribution in [3.63, 3.8) is 0 Å². The predicted octanol–water partition coefficient (Wildman–Crippen LogP) is 2.38. The smallest absolute Gasteiger partial charge is 0.338 e. The number of carboxylic acid groups (broad SMARTS) is 1. The Labute approximate surface area is 88.4 Å². The van der Waals surface area contributed by atoms with Gasteiger partial charge in [0.1, 0.15) is 0 Å². The molecule has 0 aliphatic heterocycles. The lowest BCUT2D eigenvalue weighted by Crippen LogP contribution is -2.04. The van der Waals surface area contributed by atoms with Crippen LogP contribution in [0.15, 0.2) is 6.20 Å². The summed E-state index contributed by atoms with van der Waals surface area (Å²) < 4.78 is 29.6. The molecule has 7 heteroatoms. The zero-order valence-corrected chi connectivity index (χ0v) is 8.26. The van der Waals surface area contributed by atoms with E-state index in [1.54, 1.807) is 0 Å². The number of hydrogen-bond acceptors (Lipinski definition) is 3. The van der Waals surface area contributed by atoms with E-state index >= 15 is 0 Å². The summed E-state index contributed by atoms with van der Waals surface area (Å²) in [4.78, 5) is 14.0. The number of ether oxygens (including phenoxy) is 1. The summed E-state index contributed by atoms with van der Waals surface area (Å²) in [5.74, 6) is -1.79. The van der Waals surface area contributed by atoms with E-state index in [4.69, 9.17) is 16.7 Å². The van der Waals surface area contributed by atoms with Gasteiger partial charge in [-0.05, 0) is 0 Å². The maximum atomic E-state index is 12.5. The fourth-order valence-corrected chi connectivity index (χ4v) is 1.28. The van der Waals surface area contributed by atoms with E-state index in [0.717, 1.165) is 13.3 Å². The van der Waals surface area contributed by atoms with Crippen molar-refractivity contribution in [2.45, 2.75) is 6.43 Å². The molecule has 1 aromatic heterocycles. The Bertz CT molecular complexity index is 398. The van der Waals surface area contributed by atoms with Gasteiger partial charge in [0, 0.05) is 6.20 Å². The second kappa shape index (κ2) is 4.39. The fraction of sp³-hybridized carbons (Fsp3) is 0.250. The molecule has 0 saturated heterocycles. The number of carbonyl (C=O) groups is 1. The maximum Gasteiger partial charge on any atom is 0.338 e. The standard InChI is InChI=1S/C8H6ClF2NO3/c1-15-7-4(6(10)11)5(9)3(2-12-7)8(13)14/h2,6H,1H3,(H,13,14). The molecule has 0 bridgehead atoms. The molecule has 0 unspecified atom stereocenters. The highest BCUT2D eigenvalue weighted by Gasteiger charge is 2.24. The highest BCUT2D eigenvalue weighted by molar-refractivity contribution is 6.34. The van der Waals surface area contributed by atoms with Crippen molar-refractivity contribution in [1.29, 1.82) is 0 Å². The second-order valence-corrected chi connectivity index (χ2v) is 2.89. The number of aromatic carboxylic acids is 1. The summed E-state index contributed by atoms with van der Waals surface area (Å²) in [6.07, 6.45) is -2.07. The van der Waals surface area contributed by atoms with Crippen LogP contribution in [0.5, 0.6) is 5.88 Å². The second-order valence-electron chi connectivity index (χ2n) is 2.51. The van der Waals surface area contributed by atoms with Crippen LogP contribution in [-0.4, -0.2) is 23.2 Å². The van der Waals surface area contributed by atoms with Crippen molar-refractivity contribution >= 4 is 17.6 Å². The van der Waals surface area contributed by atoms with E-state index in [-0.39, 0.29) is 5.88 Å². The lowest BCUT2D eigenvalue weighted by atomic mass is 10.2. The van der Waals surface area contributed by atoms with Gasteiger partial charge in [0.15, 0.2) is 0 Å². The highest BCUT2D eigenvalue weighted by Crippen LogP contribution is 2.35. The summed E-state index contributed by atoms with van der Waals surface area (Å²) in [6.45, 7) is 0. The van der Waals surface area contributed by atoms with Gasteiger partial charge in [0.25, 0.3) is 6.43 Å². The third kappa shape index (κ3) is 2.15. The molecule has 0 aromatic carbocycles. The molecule has 0 spiro atoms. The molecule has 0 aliphatic rings. The largest absolute Gasteiger partial charge is 0.481 e. The van der Waals surface area contributed by atoms with Crippen LogP contribution in [0.2, 0.25) is 5.02 Å². The maximum absolute atomic E-state index is 12.5. The van der Waals surface area contributed by atoms with Gasteiger partial charge in [-0.1, -0.05) is 11.6 Å². The number of hydrogen-bond donors (Lipinski definition) is 1. The number of pyridine rings is 1. The summed E-state index contributed by atoms with van der Waals surface area (Å²) in [7, 11) is 1.14. The Morgan fingerprint density at radius 3 is 2.67 bits per heavy atom. The number of methoxy groups -OCH3 is 1. The summed E-state index contributed by atoms with van der Waals surface area (Å²) in [5.41, 5.74) is -1.19. The normalized spacial score (nSPS) is 10.5. The SMILES string of the molecule is COc1ncc(C(=O)O)c(Cl)c1C(F)F. The van der Waals surface area contributed by atoms with Crippen molar-refractivity contribution in [2.24, 2.45) is 0 Å². The first-order valence-electron chi connectivity index (χ1n) is 3.72. The molecule has 0 aliphatic carbocycles. The molecule has 0 radical (unpaired) electrons. The zero-order valence-electron chi connectivity index (χ0n) is 7.50. The molecule has 0 fully saturated rings. The molecule has 1 rings (SSSR count). The minimum atomic E-state index is -2.95. The first kappa shape index (κ1) is 11.6. The van der Waals surface area contributed by atoms with Crippen molar-refractivity contribution in [2.75, 3.05) is 7.11 Å². The number of halogens is 3. The fourth-order valence-electron chi connectivity index (χ4n) is 0.989. The topological polar surface area (TPSA) is 59.4 Å². The van der Waals surface area contributed by atoms with Gasteiger partial charge >= 0.3 is 5.97 Å². The van der Waals surface area contributed by atoms with Crippen LogP contribution in [0.4, 0.5) is 8.78 Å². The van der Waals surface area contributed by atoms with Gasteiger partial charge in [-0.15, -0.1) is 0 Å². The summed E-state index contributed by atoms with van der Waals surface area (Å²) >= 11 is 5.50. The third-order valence-corrected chi connectivity index (χ3v) is 2.06. The summed E-state index contributed by atoms with van der Waals surface area (Å²) in [6, 6.07) is 0. The Kier molecular flexibility index (Phi) is 3.41. The monoisotopic (exact) mass is 237 g/mol. The lowest BCUT2D eigenvalue weighted by molar-refractivity contribution is 0.0696. The van der Waals surface area contributed by atoms with Crippen molar-refractivity contribution in [1.82, 2.24) is 4.98 Å². The van der Waals surface area contributed by atoms with Gasteiger partial charge in [0.05, 0.1) is 23.3 Å². The van der Waals surface area contributed by atoms with Crippen LogP contribution in [-0.2, 0) is 0 Å². The van der Waals surface area contributed by atoms with Gasteiger partial charge in [-0.25, -0.2) is 18.6 Å². The van der Waals surface area contributed by atoms with Gasteiger partial charge < -0.3 is 9.84 Å². The molecule has 1 aromatic rings. The van der Waals surface area contributed by atoms with E-state index in [0.29, 0.717) is 0 Å². The third-order valence-electron chi connectivity index (χ3n) is 1.66. The van der Waals surface area contributed by atoms with E-state index in [9.17, 15) is 13.6 Å². The molecule has 15 heavy (non-hydrogen) atoms. The van der Waals surface area contributed by atoms with Crippen molar-refractivity contribution in [3.05, 3.63) is 22.3 Å². The van der Waals surface area contributed by atoms with Crippen LogP contribution in [0.1, 0.15) is 22.3 Å². The van der Waals surface area contributed by atoms with Crippen LogP contribution in [0, 0.1) is 0 Å². The van der Waals surface area contributed by atoms with Crippen molar-refractivity contribution in [3.8, 4) is 5.88 Å². The lowest BCUT2D eigenvalue weighted by Gasteiger charge is -2.09. The first-order valence-corrected chi connectivity index (χ1v) is 4.10. The number of rotatable bonds is 3. The Balaban J connectivity index is 3.42. The zero-order chi connectivity index (χ0) is 11.6. The highest BCUT2D eigenvalue weighted by atomic mass is 35.5. The molecule has 0 amide bonds. The Morgan fingerprint density at radius 2 is 2.27 bits per heavy atom. The van der Waals surface area contributed by atoms with Crippen LogP contribution in [0.3, 0.4) is 0 Å². The average molecular weight is 238 g/mol. The molecule has 4 nitrogen and oxygen atoms in total. The predicted molar refractivity (Wildman–Crippen MR) is 47.7 cm³/mol. The molecule has 82 valence electrons. The van der Waals surface area contributed by atoms with E-state index in [1.165, 1.54) is 0 Å². The van der Waals surface area contributed by atoms with Crippen LogP contribution < -0.4 is 4.74 Å². The summed E-state index contributed by atoms with van der Waals surface area (Å²) in [5, 5.41) is 8.07. The number of carboxylic acids is 1. The van der Waals surface area contributed by atoms with E-state index in [1.807, 2.05) is 0 Å². The number of nitrogens with zero attached hydrogens (tertiary/aromatic N) is 1. The van der Waals surface area contributed by atoms with Gasteiger partial charge in [-0.2, -0.15) is 0 Å². The first-order chi connectivity index (χ1) is 6.99. The molecule has 1 N–H and O–H groups in total. The van der Waals surface area contributed by atoms with Gasteiger partial charge in [-0.3, -0.25) is 0 Å². The average Bonchev–Trinajstić information content (AvgIpc) is 2.15. The Morgan fingerprint density at radius 1 is 1.67 bits per heavy atom. The van der Waals surface area contributed by atoms with E-state index < -0.39 is 28.5 Å². The van der Waals surface area contributed by atoms with Crippen LogP contribution >= 0.6 is 11.6 Å². The quantitative estimate of drug-likeness (QED) is 0.877. The molecule has 0 atom stereocenters.